The Kier molecular flexibility index (Phi) is 6.58. The second-order valence-corrected chi connectivity index (χ2v) is 9.81. The molecule has 8 heteroatoms. The van der Waals surface area contributed by atoms with E-state index in [1.807, 2.05) is 6.92 Å². The molecular formula is C24H19Cl2FO4S. The molecule has 0 amide bonds. The molecule has 3 aromatic rings. The summed E-state index contributed by atoms with van der Waals surface area (Å²) < 4.78 is 50.8. The minimum absolute atomic E-state index is 0.0618. The SMILES string of the molecule is Cc1ccc(S(=O)(=O)OC[C@H]2C=CCc3cc(F)cc(-c4c(Cl)cccc4Cl)c3O2)cc1. The van der Waals surface area contributed by atoms with Gasteiger partial charge in [0.15, 0.2) is 0 Å². The molecule has 0 fully saturated rings. The maximum absolute atomic E-state index is 14.4. The van der Waals surface area contributed by atoms with E-state index in [1.165, 1.54) is 24.3 Å². The zero-order valence-electron chi connectivity index (χ0n) is 17.0. The maximum Gasteiger partial charge on any atom is 0.297 e. The lowest BCUT2D eigenvalue weighted by atomic mass is 9.99. The third-order valence-corrected chi connectivity index (χ3v) is 6.94. The molecule has 0 radical (unpaired) electrons. The quantitative estimate of drug-likeness (QED) is 0.306. The van der Waals surface area contributed by atoms with Crippen LogP contribution in [0.4, 0.5) is 4.39 Å². The van der Waals surface area contributed by atoms with Crippen molar-refractivity contribution in [3.8, 4) is 16.9 Å². The molecule has 166 valence electrons. The van der Waals surface area contributed by atoms with Crippen molar-refractivity contribution in [3.63, 3.8) is 0 Å². The fourth-order valence-corrected chi connectivity index (χ4v) is 4.96. The Bertz CT molecular complexity index is 1270. The van der Waals surface area contributed by atoms with Crippen molar-refractivity contribution >= 4 is 33.3 Å². The summed E-state index contributed by atoms with van der Waals surface area (Å²) in [6, 6.07) is 14.1. The van der Waals surface area contributed by atoms with E-state index in [1.54, 1.807) is 42.5 Å². The van der Waals surface area contributed by atoms with Gasteiger partial charge in [-0.05, 0) is 55.8 Å². The Labute approximate surface area is 196 Å². The van der Waals surface area contributed by atoms with Gasteiger partial charge in [0.2, 0.25) is 0 Å². The van der Waals surface area contributed by atoms with E-state index in [2.05, 4.69) is 0 Å². The van der Waals surface area contributed by atoms with Gasteiger partial charge >= 0.3 is 0 Å². The number of rotatable bonds is 5. The number of allylic oxidation sites excluding steroid dienone is 1. The number of hydrogen-bond acceptors (Lipinski definition) is 4. The Balaban J connectivity index is 1.64. The van der Waals surface area contributed by atoms with Crippen molar-refractivity contribution in [2.75, 3.05) is 6.61 Å². The summed E-state index contributed by atoms with van der Waals surface area (Å²) in [4.78, 5) is 0.0618. The van der Waals surface area contributed by atoms with Gasteiger partial charge < -0.3 is 4.74 Å². The van der Waals surface area contributed by atoms with E-state index >= 15 is 0 Å². The van der Waals surface area contributed by atoms with Gasteiger partial charge in [0.1, 0.15) is 24.3 Å². The van der Waals surface area contributed by atoms with Crippen LogP contribution < -0.4 is 4.74 Å². The van der Waals surface area contributed by atoms with Gasteiger partial charge in [0.25, 0.3) is 10.1 Å². The molecule has 0 aromatic heterocycles. The second-order valence-electron chi connectivity index (χ2n) is 7.38. The largest absolute Gasteiger partial charge is 0.483 e. The average Bonchev–Trinajstić information content (AvgIpc) is 2.94. The summed E-state index contributed by atoms with van der Waals surface area (Å²) in [6.45, 7) is 1.61. The van der Waals surface area contributed by atoms with E-state index in [0.717, 1.165) is 5.56 Å². The zero-order valence-corrected chi connectivity index (χ0v) is 19.3. The van der Waals surface area contributed by atoms with Crippen LogP contribution in [-0.4, -0.2) is 21.1 Å². The smallest absolute Gasteiger partial charge is 0.297 e. The molecule has 0 saturated heterocycles. The first-order chi connectivity index (χ1) is 15.2. The summed E-state index contributed by atoms with van der Waals surface area (Å²) in [6.07, 6.45) is 3.15. The Morgan fingerprint density at radius 1 is 1.09 bits per heavy atom. The number of hydrogen-bond donors (Lipinski definition) is 0. The van der Waals surface area contributed by atoms with Crippen molar-refractivity contribution in [1.29, 1.82) is 0 Å². The van der Waals surface area contributed by atoms with Crippen molar-refractivity contribution in [2.45, 2.75) is 24.3 Å². The zero-order chi connectivity index (χ0) is 22.9. The molecule has 1 aliphatic heterocycles. The summed E-state index contributed by atoms with van der Waals surface area (Å²) in [5.41, 5.74) is 2.37. The molecule has 3 aromatic carbocycles. The molecule has 0 spiro atoms. The van der Waals surface area contributed by atoms with Gasteiger partial charge in [-0.1, -0.05) is 53.0 Å². The number of aryl methyl sites for hydroxylation is 1. The van der Waals surface area contributed by atoms with Gasteiger partial charge in [-0.2, -0.15) is 8.42 Å². The summed E-state index contributed by atoms with van der Waals surface area (Å²) >= 11 is 12.7. The Hall–Kier alpha value is -2.38. The van der Waals surface area contributed by atoms with Crippen LogP contribution in [-0.2, 0) is 20.7 Å². The molecule has 0 aliphatic carbocycles. The first-order valence-corrected chi connectivity index (χ1v) is 12.0. The van der Waals surface area contributed by atoms with Crippen molar-refractivity contribution in [2.24, 2.45) is 0 Å². The first kappa shape index (κ1) is 22.8. The normalized spacial score (nSPS) is 15.7. The standard InChI is InChI=1S/C24H19Cl2FO4S/c1-15-8-10-19(11-9-15)32(28,29)30-14-18-5-2-4-16-12-17(27)13-20(24(16)31-18)23-21(25)6-3-7-22(23)26/h2-3,5-13,18H,4,14H2,1H3/t18-/m1/s1. The highest BCUT2D eigenvalue weighted by atomic mass is 35.5. The number of halogens is 3. The lowest BCUT2D eigenvalue weighted by Crippen LogP contribution is -2.23. The highest BCUT2D eigenvalue weighted by Gasteiger charge is 2.24. The molecule has 1 atom stereocenters. The molecule has 1 aliphatic rings. The van der Waals surface area contributed by atoms with Gasteiger partial charge in [-0.25, -0.2) is 4.39 Å². The van der Waals surface area contributed by atoms with E-state index in [9.17, 15) is 12.8 Å². The lowest BCUT2D eigenvalue weighted by Gasteiger charge is -2.20. The highest BCUT2D eigenvalue weighted by molar-refractivity contribution is 7.86. The molecule has 4 rings (SSSR count). The lowest BCUT2D eigenvalue weighted by molar-refractivity contribution is 0.168. The van der Waals surface area contributed by atoms with Gasteiger partial charge in [0.05, 0.1) is 14.9 Å². The van der Waals surface area contributed by atoms with E-state index in [4.69, 9.17) is 32.1 Å². The molecule has 0 N–H and O–H groups in total. The highest BCUT2D eigenvalue weighted by Crippen LogP contribution is 2.43. The molecule has 4 nitrogen and oxygen atoms in total. The van der Waals surface area contributed by atoms with Crippen LogP contribution in [0, 0.1) is 12.7 Å². The Morgan fingerprint density at radius 3 is 2.47 bits per heavy atom. The van der Waals surface area contributed by atoms with Crippen LogP contribution >= 0.6 is 23.2 Å². The first-order valence-electron chi connectivity index (χ1n) is 9.81. The van der Waals surface area contributed by atoms with Crippen molar-refractivity contribution in [1.82, 2.24) is 0 Å². The Morgan fingerprint density at radius 2 is 1.78 bits per heavy atom. The minimum atomic E-state index is -3.96. The van der Waals surface area contributed by atoms with Gasteiger partial charge in [-0.15, -0.1) is 0 Å². The van der Waals surface area contributed by atoms with Crippen LogP contribution in [0.5, 0.6) is 5.75 Å². The third-order valence-electron chi connectivity index (χ3n) is 5.02. The van der Waals surface area contributed by atoms with Crippen molar-refractivity contribution < 1.29 is 21.7 Å². The van der Waals surface area contributed by atoms with Crippen LogP contribution in [0.2, 0.25) is 10.0 Å². The number of ether oxygens (including phenoxy) is 1. The van der Waals surface area contributed by atoms with Crippen LogP contribution in [0.3, 0.4) is 0 Å². The van der Waals surface area contributed by atoms with Crippen LogP contribution in [0.25, 0.3) is 11.1 Å². The molecule has 0 saturated carbocycles. The summed E-state index contributed by atoms with van der Waals surface area (Å²) in [5, 5.41) is 0.696. The number of fused-ring (bicyclic) bond motifs is 1. The fourth-order valence-electron chi connectivity index (χ4n) is 3.44. The summed E-state index contributed by atoms with van der Waals surface area (Å²) in [7, 11) is -3.96. The molecular weight excluding hydrogens is 474 g/mol. The second kappa shape index (κ2) is 9.24. The summed E-state index contributed by atoms with van der Waals surface area (Å²) in [5.74, 6) is -0.0730. The molecule has 1 heterocycles. The predicted molar refractivity (Wildman–Crippen MR) is 123 cm³/mol. The average molecular weight is 493 g/mol. The molecule has 32 heavy (non-hydrogen) atoms. The predicted octanol–water partition coefficient (Wildman–Crippen LogP) is 6.37. The monoisotopic (exact) mass is 492 g/mol. The minimum Gasteiger partial charge on any atom is -0.483 e. The van der Waals surface area contributed by atoms with Crippen LogP contribution in [0.1, 0.15) is 11.1 Å². The fraction of sp³-hybridized carbons (Fsp3) is 0.167. The van der Waals surface area contributed by atoms with Crippen molar-refractivity contribution in [3.05, 3.63) is 93.7 Å². The topological polar surface area (TPSA) is 52.6 Å². The molecule has 0 bridgehead atoms. The van der Waals surface area contributed by atoms with E-state index in [-0.39, 0.29) is 11.5 Å². The van der Waals surface area contributed by atoms with Gasteiger partial charge in [0, 0.05) is 16.7 Å². The van der Waals surface area contributed by atoms with Crippen LogP contribution in [0.15, 0.2) is 71.6 Å². The maximum atomic E-state index is 14.4. The van der Waals surface area contributed by atoms with Gasteiger partial charge in [-0.3, -0.25) is 4.18 Å². The molecule has 0 unspecified atom stereocenters. The third kappa shape index (κ3) is 4.84. The van der Waals surface area contributed by atoms with E-state index in [0.29, 0.717) is 38.9 Å². The number of benzene rings is 3. The van der Waals surface area contributed by atoms with E-state index < -0.39 is 22.0 Å².